The van der Waals surface area contributed by atoms with Crippen LogP contribution in [0, 0.1) is 0 Å². The summed E-state index contributed by atoms with van der Waals surface area (Å²) in [6.07, 6.45) is 2.18. The number of benzene rings is 1. The Hall–Kier alpha value is -2.07. The Kier molecular flexibility index (Phi) is 10.4. The Bertz CT molecular complexity index is 655. The van der Waals surface area contributed by atoms with Crippen LogP contribution in [0.5, 0.6) is 0 Å². The molecule has 11 heteroatoms. The minimum atomic E-state index is -1.04. The van der Waals surface area contributed by atoms with Gasteiger partial charge in [0.15, 0.2) is 0 Å². The van der Waals surface area contributed by atoms with Gasteiger partial charge in [0.1, 0.15) is 12.6 Å². The zero-order chi connectivity index (χ0) is 19.4. The summed E-state index contributed by atoms with van der Waals surface area (Å²) in [5.74, 6) is -1.04. The largest absolute Gasteiger partial charge is 0.480 e. The van der Waals surface area contributed by atoms with Crippen molar-refractivity contribution in [2.45, 2.75) is 30.7 Å². The van der Waals surface area contributed by atoms with Crippen LogP contribution in [0.25, 0.3) is 10.4 Å². The lowest BCUT2D eigenvalue weighted by molar-refractivity contribution is -0.138. The molecule has 0 saturated carbocycles. The lowest BCUT2D eigenvalue weighted by Gasteiger charge is -2.17. The predicted octanol–water partition coefficient (Wildman–Crippen LogP) is 3.43. The van der Waals surface area contributed by atoms with Crippen LogP contribution < -0.4 is 11.1 Å². The summed E-state index contributed by atoms with van der Waals surface area (Å²) in [6, 6.07) is 5.90. The molecule has 0 aliphatic heterocycles. The number of aliphatic carboxylic acids is 1. The number of ether oxygens (including phenoxy) is 1. The van der Waals surface area contributed by atoms with Crippen LogP contribution in [-0.2, 0) is 16.1 Å². The minimum absolute atomic E-state index is 0.0124. The molecule has 1 amide bonds. The molecule has 1 aromatic carbocycles. The van der Waals surface area contributed by atoms with Crippen LogP contribution in [0.3, 0.4) is 0 Å². The maximum absolute atomic E-state index is 11.9. The summed E-state index contributed by atoms with van der Waals surface area (Å²) in [7, 11) is 3.07. The van der Waals surface area contributed by atoms with Crippen molar-refractivity contribution in [3.63, 3.8) is 0 Å². The second kappa shape index (κ2) is 12.3. The van der Waals surface area contributed by atoms with E-state index in [1.165, 1.54) is 21.6 Å². The number of rotatable bonds is 11. The zero-order valence-corrected chi connectivity index (χ0v) is 15.8. The first-order chi connectivity index (χ1) is 12.5. The molecule has 0 aliphatic rings. The van der Waals surface area contributed by atoms with Gasteiger partial charge in [-0.15, -0.1) is 0 Å². The van der Waals surface area contributed by atoms with Crippen molar-refractivity contribution in [2.75, 3.05) is 12.8 Å². The van der Waals surface area contributed by atoms with Crippen molar-refractivity contribution in [1.82, 2.24) is 5.32 Å². The van der Waals surface area contributed by atoms with Gasteiger partial charge in [-0.25, -0.2) is 4.79 Å². The second-order valence-corrected chi connectivity index (χ2v) is 7.95. The van der Waals surface area contributed by atoms with Crippen LogP contribution in [0.2, 0.25) is 0 Å². The number of alkyl carbamates (subject to hydrolysis) is 1. The normalized spacial score (nSPS) is 12.5. The number of nitrogens with one attached hydrogen (secondary N) is 1. The van der Waals surface area contributed by atoms with Gasteiger partial charge in [-0.3, -0.25) is 4.79 Å². The highest BCUT2D eigenvalue weighted by Gasteiger charge is 2.17. The second-order valence-electron chi connectivity index (χ2n) is 5.18. The van der Waals surface area contributed by atoms with Crippen LogP contribution in [-0.4, -0.2) is 41.3 Å². The SMILES string of the molecule is CSS[C@@H](CC[C@H](N)C(=O)O)CNC(=O)OCc1ccccc1N=[N+]=[N-]. The molecule has 4 N–H and O–H groups in total. The van der Waals surface area contributed by atoms with E-state index < -0.39 is 18.1 Å². The van der Waals surface area contributed by atoms with E-state index in [1.54, 1.807) is 24.3 Å². The molecular weight excluding hydrogens is 378 g/mol. The fourth-order valence-electron chi connectivity index (χ4n) is 1.98. The Morgan fingerprint density at radius 3 is 2.81 bits per heavy atom. The minimum Gasteiger partial charge on any atom is -0.480 e. The van der Waals surface area contributed by atoms with Gasteiger partial charge in [0.25, 0.3) is 0 Å². The van der Waals surface area contributed by atoms with Crippen molar-refractivity contribution in [3.05, 3.63) is 40.3 Å². The number of hydrogen-bond acceptors (Lipinski definition) is 7. The summed E-state index contributed by atoms with van der Waals surface area (Å²) >= 11 is 0. The molecule has 0 aromatic heterocycles. The van der Waals surface area contributed by atoms with Crippen LogP contribution >= 0.6 is 21.6 Å². The van der Waals surface area contributed by atoms with Gasteiger partial charge < -0.3 is 20.9 Å². The summed E-state index contributed by atoms with van der Waals surface area (Å²) in [4.78, 5) is 25.4. The Morgan fingerprint density at radius 2 is 2.15 bits per heavy atom. The lowest BCUT2D eigenvalue weighted by atomic mass is 10.1. The number of carboxylic acids is 1. The summed E-state index contributed by atoms with van der Waals surface area (Å²) in [5, 5.41) is 15.0. The summed E-state index contributed by atoms with van der Waals surface area (Å²) < 4.78 is 5.14. The Morgan fingerprint density at radius 1 is 1.42 bits per heavy atom. The number of nitrogens with two attached hydrogens (primary N) is 1. The van der Waals surface area contributed by atoms with Crippen molar-refractivity contribution in [2.24, 2.45) is 10.8 Å². The van der Waals surface area contributed by atoms with Gasteiger partial charge in [-0.1, -0.05) is 51.0 Å². The highest BCUT2D eigenvalue weighted by molar-refractivity contribution is 8.76. The van der Waals surface area contributed by atoms with Crippen molar-refractivity contribution in [3.8, 4) is 0 Å². The highest BCUT2D eigenvalue weighted by atomic mass is 33.1. The molecule has 0 saturated heterocycles. The van der Waals surface area contributed by atoms with E-state index in [0.29, 0.717) is 30.6 Å². The van der Waals surface area contributed by atoms with E-state index in [2.05, 4.69) is 15.3 Å². The van der Waals surface area contributed by atoms with E-state index in [0.717, 1.165) is 0 Å². The zero-order valence-electron chi connectivity index (χ0n) is 14.2. The average Bonchev–Trinajstić information content (AvgIpc) is 2.63. The van der Waals surface area contributed by atoms with E-state index in [-0.39, 0.29) is 11.9 Å². The fourth-order valence-corrected chi connectivity index (χ4v) is 3.94. The first-order valence-electron chi connectivity index (χ1n) is 7.69. The highest BCUT2D eigenvalue weighted by Crippen LogP contribution is 2.27. The molecule has 0 fully saturated rings. The third kappa shape index (κ3) is 8.34. The fraction of sp³-hybridized carbons (Fsp3) is 0.467. The third-order valence-electron chi connectivity index (χ3n) is 3.33. The number of hydrogen-bond donors (Lipinski definition) is 3. The molecule has 0 unspecified atom stereocenters. The first-order valence-corrected chi connectivity index (χ1v) is 10.3. The van der Waals surface area contributed by atoms with Gasteiger partial charge in [0.2, 0.25) is 0 Å². The molecule has 9 nitrogen and oxygen atoms in total. The van der Waals surface area contributed by atoms with Gasteiger partial charge in [-0.2, -0.15) is 0 Å². The van der Waals surface area contributed by atoms with Crippen LogP contribution in [0.15, 0.2) is 29.4 Å². The summed E-state index contributed by atoms with van der Waals surface area (Å²) in [6.45, 7) is 0.305. The standard InChI is InChI=1S/C15H21N5O4S2/c1-25-26-11(6-7-12(16)14(21)22)8-18-15(23)24-9-10-4-2-3-5-13(10)19-20-17/h2-5,11-12H,6-9,16H2,1H3,(H,18,23)(H,21,22)/t11-,12-/m0/s1. The molecule has 1 rings (SSSR count). The molecular formula is C15H21N5O4S2. The summed E-state index contributed by atoms with van der Waals surface area (Å²) in [5.41, 5.74) is 15.0. The number of carbonyl (C=O) groups excluding carboxylic acids is 1. The molecule has 0 bridgehead atoms. The van der Waals surface area contributed by atoms with Gasteiger partial charge in [0.05, 0.1) is 0 Å². The molecule has 26 heavy (non-hydrogen) atoms. The molecule has 0 spiro atoms. The molecule has 2 atom stereocenters. The van der Waals surface area contributed by atoms with Crippen LogP contribution in [0.4, 0.5) is 10.5 Å². The number of amides is 1. The van der Waals surface area contributed by atoms with Crippen molar-refractivity contribution < 1.29 is 19.4 Å². The maximum Gasteiger partial charge on any atom is 0.407 e. The number of nitrogens with zero attached hydrogens (tertiary/aromatic N) is 3. The monoisotopic (exact) mass is 399 g/mol. The number of carbonyl (C=O) groups is 2. The molecule has 1 aromatic rings. The quantitative estimate of drug-likeness (QED) is 0.223. The molecule has 0 radical (unpaired) electrons. The maximum atomic E-state index is 11.9. The average molecular weight is 399 g/mol. The predicted molar refractivity (Wildman–Crippen MR) is 103 cm³/mol. The van der Waals surface area contributed by atoms with E-state index in [1.807, 2.05) is 6.26 Å². The first kappa shape index (κ1) is 22.0. The lowest BCUT2D eigenvalue weighted by Crippen LogP contribution is -2.34. The molecule has 0 heterocycles. The van der Waals surface area contributed by atoms with Crippen molar-refractivity contribution in [1.29, 1.82) is 0 Å². The van der Waals surface area contributed by atoms with Crippen molar-refractivity contribution >= 4 is 39.3 Å². The molecule has 0 aliphatic carbocycles. The smallest absolute Gasteiger partial charge is 0.407 e. The Labute approximate surface area is 159 Å². The van der Waals surface area contributed by atoms with E-state index in [9.17, 15) is 9.59 Å². The topological polar surface area (TPSA) is 150 Å². The molecule has 142 valence electrons. The number of azide groups is 1. The number of carboxylic acid groups (broad SMARTS) is 1. The Balaban J connectivity index is 2.45. The van der Waals surface area contributed by atoms with Gasteiger partial charge in [0, 0.05) is 22.4 Å². The van der Waals surface area contributed by atoms with Gasteiger partial charge >= 0.3 is 12.1 Å². The van der Waals surface area contributed by atoms with E-state index >= 15 is 0 Å². The van der Waals surface area contributed by atoms with Gasteiger partial charge in [-0.05, 0) is 30.2 Å². The van der Waals surface area contributed by atoms with E-state index in [4.69, 9.17) is 21.1 Å². The third-order valence-corrected chi connectivity index (χ3v) is 5.59. The van der Waals surface area contributed by atoms with Crippen LogP contribution in [0.1, 0.15) is 18.4 Å².